The number of nitrogens with zero attached hydrogens (tertiary/aromatic N) is 3. The number of aromatic nitrogens is 2. The van der Waals surface area contributed by atoms with E-state index in [0.29, 0.717) is 0 Å². The van der Waals surface area contributed by atoms with Gasteiger partial charge in [0.1, 0.15) is 0 Å². The van der Waals surface area contributed by atoms with Crippen molar-refractivity contribution in [2.45, 2.75) is 19.4 Å². The minimum Gasteiger partial charge on any atom is -0.337 e. The predicted octanol–water partition coefficient (Wildman–Crippen LogP) is 0.852. The van der Waals surface area contributed by atoms with Crippen molar-refractivity contribution in [3.63, 3.8) is 0 Å². The number of nitrogens with one attached hydrogen (secondary N) is 1. The first-order chi connectivity index (χ1) is 7.75. The molecule has 0 aliphatic carbocycles. The lowest BCUT2D eigenvalue weighted by Crippen LogP contribution is -2.34. The second-order valence-corrected chi connectivity index (χ2v) is 4.89. The van der Waals surface area contributed by atoms with Crippen molar-refractivity contribution in [2.24, 2.45) is 13.0 Å². The quantitative estimate of drug-likeness (QED) is 0.820. The molecule has 0 spiro atoms. The summed E-state index contributed by atoms with van der Waals surface area (Å²) in [6.45, 7) is 4.57. The number of piperidine rings is 1. The summed E-state index contributed by atoms with van der Waals surface area (Å²) in [6.07, 6.45) is 6.46. The maximum absolute atomic E-state index is 4.15. The largest absolute Gasteiger partial charge is 0.337 e. The molecule has 0 saturated carbocycles. The van der Waals surface area contributed by atoms with Crippen LogP contribution in [-0.2, 0) is 13.6 Å². The van der Waals surface area contributed by atoms with Crippen LogP contribution >= 0.6 is 0 Å². The minimum absolute atomic E-state index is 0.861. The highest BCUT2D eigenvalue weighted by atomic mass is 15.1. The third kappa shape index (κ3) is 3.06. The van der Waals surface area contributed by atoms with E-state index in [1.54, 1.807) is 0 Å². The zero-order chi connectivity index (χ0) is 11.4. The van der Waals surface area contributed by atoms with Crippen molar-refractivity contribution in [1.82, 2.24) is 19.8 Å². The van der Waals surface area contributed by atoms with Gasteiger partial charge in [0.15, 0.2) is 0 Å². The van der Waals surface area contributed by atoms with E-state index in [0.717, 1.165) is 12.5 Å². The van der Waals surface area contributed by atoms with Crippen LogP contribution in [0, 0.1) is 5.92 Å². The number of hydrogen-bond donors (Lipinski definition) is 1. The smallest absolute Gasteiger partial charge is 0.0945 e. The summed E-state index contributed by atoms with van der Waals surface area (Å²) >= 11 is 0. The summed E-state index contributed by atoms with van der Waals surface area (Å²) in [6, 6.07) is 0. The zero-order valence-corrected chi connectivity index (χ0v) is 10.3. The molecule has 4 nitrogen and oxygen atoms in total. The Balaban J connectivity index is 1.79. The zero-order valence-electron chi connectivity index (χ0n) is 10.3. The molecule has 0 aromatic carbocycles. The molecule has 1 fully saturated rings. The molecule has 16 heavy (non-hydrogen) atoms. The fourth-order valence-corrected chi connectivity index (χ4v) is 2.38. The SMILES string of the molecule is CN(Cc1cncn1C)CC1CCNCC1. The Kier molecular flexibility index (Phi) is 3.96. The van der Waals surface area contributed by atoms with Crippen LogP contribution in [0.2, 0.25) is 0 Å². The summed E-state index contributed by atoms with van der Waals surface area (Å²) in [5.41, 5.74) is 1.29. The predicted molar refractivity (Wildman–Crippen MR) is 65.1 cm³/mol. The normalized spacial score (nSPS) is 18.2. The third-order valence-electron chi connectivity index (χ3n) is 3.38. The molecule has 0 bridgehead atoms. The van der Waals surface area contributed by atoms with Crippen molar-refractivity contribution < 1.29 is 0 Å². The average molecular weight is 222 g/mol. The molecule has 1 saturated heterocycles. The fourth-order valence-electron chi connectivity index (χ4n) is 2.38. The van der Waals surface area contributed by atoms with Crippen LogP contribution in [0.25, 0.3) is 0 Å². The maximum Gasteiger partial charge on any atom is 0.0945 e. The molecule has 0 amide bonds. The molecule has 0 unspecified atom stereocenters. The van der Waals surface area contributed by atoms with Gasteiger partial charge in [-0.1, -0.05) is 0 Å². The highest BCUT2D eigenvalue weighted by Gasteiger charge is 2.15. The van der Waals surface area contributed by atoms with E-state index < -0.39 is 0 Å². The molecule has 1 aliphatic heterocycles. The highest BCUT2D eigenvalue weighted by molar-refractivity contribution is 4.97. The van der Waals surface area contributed by atoms with Gasteiger partial charge in [0.2, 0.25) is 0 Å². The van der Waals surface area contributed by atoms with Gasteiger partial charge in [-0.15, -0.1) is 0 Å². The van der Waals surface area contributed by atoms with Crippen molar-refractivity contribution in [2.75, 3.05) is 26.7 Å². The maximum atomic E-state index is 4.15. The van der Waals surface area contributed by atoms with E-state index in [4.69, 9.17) is 0 Å². The van der Waals surface area contributed by atoms with Gasteiger partial charge in [-0.25, -0.2) is 4.98 Å². The Morgan fingerprint density at radius 2 is 2.25 bits per heavy atom. The van der Waals surface area contributed by atoms with Gasteiger partial charge < -0.3 is 14.8 Å². The average Bonchev–Trinajstić information content (AvgIpc) is 2.66. The van der Waals surface area contributed by atoms with Gasteiger partial charge in [0, 0.05) is 26.3 Å². The highest BCUT2D eigenvalue weighted by Crippen LogP contribution is 2.13. The number of hydrogen-bond acceptors (Lipinski definition) is 3. The minimum atomic E-state index is 0.861. The van der Waals surface area contributed by atoms with E-state index in [9.17, 15) is 0 Å². The third-order valence-corrected chi connectivity index (χ3v) is 3.38. The van der Waals surface area contributed by atoms with Crippen LogP contribution in [0.1, 0.15) is 18.5 Å². The van der Waals surface area contributed by atoms with Crippen LogP contribution in [0.4, 0.5) is 0 Å². The molecule has 4 heteroatoms. The summed E-state index contributed by atoms with van der Waals surface area (Å²) in [7, 11) is 4.26. The lowest BCUT2D eigenvalue weighted by atomic mass is 9.98. The summed E-state index contributed by atoms with van der Waals surface area (Å²) in [4.78, 5) is 6.56. The van der Waals surface area contributed by atoms with Crippen LogP contribution in [0.15, 0.2) is 12.5 Å². The first kappa shape index (κ1) is 11.6. The standard InChI is InChI=1S/C12H22N4/c1-15(8-11-3-5-13-6-4-11)9-12-7-14-10-16(12)2/h7,10-11,13H,3-6,8-9H2,1-2H3. The van der Waals surface area contributed by atoms with E-state index in [1.165, 1.54) is 38.2 Å². The monoisotopic (exact) mass is 222 g/mol. The molecule has 2 rings (SSSR count). The van der Waals surface area contributed by atoms with Gasteiger partial charge >= 0.3 is 0 Å². The van der Waals surface area contributed by atoms with E-state index in [2.05, 4.69) is 33.9 Å². The molecule has 2 heterocycles. The topological polar surface area (TPSA) is 33.1 Å². The van der Waals surface area contributed by atoms with E-state index in [-0.39, 0.29) is 0 Å². The van der Waals surface area contributed by atoms with Crippen LogP contribution < -0.4 is 5.32 Å². The summed E-state index contributed by atoms with van der Waals surface area (Å²) in [5, 5.41) is 3.41. The summed E-state index contributed by atoms with van der Waals surface area (Å²) < 4.78 is 2.10. The van der Waals surface area contributed by atoms with Crippen molar-refractivity contribution in [3.05, 3.63) is 18.2 Å². The van der Waals surface area contributed by atoms with Gasteiger partial charge in [0.05, 0.1) is 12.0 Å². The Morgan fingerprint density at radius 3 is 2.88 bits per heavy atom. The van der Waals surface area contributed by atoms with Gasteiger partial charge in [-0.05, 0) is 38.9 Å². The second kappa shape index (κ2) is 5.46. The first-order valence-corrected chi connectivity index (χ1v) is 6.10. The molecule has 1 aromatic rings. The molecule has 0 atom stereocenters. The molecular weight excluding hydrogens is 200 g/mol. The van der Waals surface area contributed by atoms with Gasteiger partial charge in [-0.3, -0.25) is 0 Å². The Morgan fingerprint density at radius 1 is 1.50 bits per heavy atom. The molecule has 1 N–H and O–H groups in total. The number of aryl methyl sites for hydroxylation is 1. The molecular formula is C12H22N4. The number of imidazole rings is 1. The fraction of sp³-hybridized carbons (Fsp3) is 0.750. The van der Waals surface area contributed by atoms with Crippen LogP contribution in [-0.4, -0.2) is 41.1 Å². The van der Waals surface area contributed by atoms with E-state index in [1.807, 2.05) is 12.5 Å². The van der Waals surface area contributed by atoms with Gasteiger partial charge in [0.25, 0.3) is 0 Å². The lowest BCUT2D eigenvalue weighted by molar-refractivity contribution is 0.231. The molecule has 1 aliphatic rings. The van der Waals surface area contributed by atoms with Crippen molar-refractivity contribution in [3.8, 4) is 0 Å². The lowest BCUT2D eigenvalue weighted by Gasteiger charge is -2.27. The first-order valence-electron chi connectivity index (χ1n) is 6.10. The van der Waals surface area contributed by atoms with Gasteiger partial charge in [-0.2, -0.15) is 0 Å². The Hall–Kier alpha value is -0.870. The Bertz CT molecular complexity index is 315. The second-order valence-electron chi connectivity index (χ2n) is 4.89. The molecule has 90 valence electrons. The molecule has 1 aromatic heterocycles. The van der Waals surface area contributed by atoms with E-state index >= 15 is 0 Å². The van der Waals surface area contributed by atoms with Crippen LogP contribution in [0.5, 0.6) is 0 Å². The molecule has 0 radical (unpaired) electrons. The van der Waals surface area contributed by atoms with Crippen LogP contribution in [0.3, 0.4) is 0 Å². The Labute approximate surface area is 97.7 Å². The van der Waals surface area contributed by atoms with Crippen molar-refractivity contribution in [1.29, 1.82) is 0 Å². The van der Waals surface area contributed by atoms with Crippen molar-refractivity contribution >= 4 is 0 Å². The summed E-state index contributed by atoms with van der Waals surface area (Å²) in [5.74, 6) is 0.861. The number of rotatable bonds is 4.